The van der Waals surface area contributed by atoms with Gasteiger partial charge in [-0.3, -0.25) is 4.79 Å². The molecule has 1 unspecified atom stereocenters. The molecule has 2 aliphatic carbocycles. The van der Waals surface area contributed by atoms with Crippen LogP contribution >= 0.6 is 0 Å². The molecular weight excluding hydrogens is 345 g/mol. The molecule has 1 aromatic carbocycles. The summed E-state index contributed by atoms with van der Waals surface area (Å²) in [6.45, 7) is 0.643. The van der Waals surface area contributed by atoms with Crippen molar-refractivity contribution in [3.8, 4) is 0 Å². The van der Waals surface area contributed by atoms with Gasteiger partial charge < -0.3 is 15.8 Å². The fraction of sp³-hybridized carbons (Fsp3) is 0.526. The molecule has 0 aliphatic heterocycles. The minimum absolute atomic E-state index is 0.107. The molecule has 0 spiro atoms. The van der Waals surface area contributed by atoms with E-state index in [9.17, 15) is 18.0 Å². The van der Waals surface area contributed by atoms with E-state index in [-0.39, 0.29) is 23.1 Å². The van der Waals surface area contributed by atoms with Crippen LogP contribution in [0.2, 0.25) is 0 Å². The quantitative estimate of drug-likeness (QED) is 0.595. The number of esters is 1. The molecular formula is C19H23F3N2O2. The minimum Gasteiger partial charge on any atom is -0.469 e. The highest BCUT2D eigenvalue weighted by Crippen LogP contribution is 2.44. The van der Waals surface area contributed by atoms with Gasteiger partial charge in [-0.1, -0.05) is 12.1 Å². The predicted molar refractivity (Wildman–Crippen MR) is 94.4 cm³/mol. The first-order valence-corrected chi connectivity index (χ1v) is 8.82. The lowest BCUT2D eigenvalue weighted by Gasteiger charge is -2.24. The number of nitrogen functional groups attached to an aromatic ring is 1. The van der Waals surface area contributed by atoms with Crippen LogP contribution in [0.15, 0.2) is 18.2 Å². The molecule has 0 radical (unpaired) electrons. The minimum atomic E-state index is -4.54. The van der Waals surface area contributed by atoms with Gasteiger partial charge >= 0.3 is 12.1 Å². The van der Waals surface area contributed by atoms with Crippen LogP contribution < -0.4 is 11.1 Å². The molecule has 3 N–H and O–H groups in total. The molecule has 0 aromatic heterocycles. The van der Waals surface area contributed by atoms with Gasteiger partial charge in [-0.05, 0) is 55.2 Å². The highest BCUT2D eigenvalue weighted by atomic mass is 19.4. The van der Waals surface area contributed by atoms with E-state index in [2.05, 4.69) is 5.32 Å². The van der Waals surface area contributed by atoms with Gasteiger partial charge in [0.15, 0.2) is 0 Å². The van der Waals surface area contributed by atoms with Crippen molar-refractivity contribution in [3.05, 3.63) is 29.3 Å². The number of benzene rings is 1. The average Bonchev–Trinajstić information content (AvgIpc) is 3.43. The number of anilines is 2. The van der Waals surface area contributed by atoms with Crippen molar-refractivity contribution >= 4 is 22.9 Å². The lowest BCUT2D eigenvalue weighted by molar-refractivity contribution is -0.145. The number of carbonyl (C=O) groups is 1. The molecule has 1 atom stereocenters. The normalized spacial score (nSPS) is 20.5. The molecule has 26 heavy (non-hydrogen) atoms. The van der Waals surface area contributed by atoms with Gasteiger partial charge in [-0.2, -0.15) is 13.2 Å². The molecule has 0 bridgehead atoms. The van der Waals surface area contributed by atoms with Gasteiger partial charge in [0.25, 0.3) is 0 Å². The Balaban J connectivity index is 1.90. The summed E-state index contributed by atoms with van der Waals surface area (Å²) >= 11 is 0. The molecule has 1 fully saturated rings. The van der Waals surface area contributed by atoms with E-state index >= 15 is 0 Å². The fourth-order valence-electron chi connectivity index (χ4n) is 3.38. The van der Waals surface area contributed by atoms with Crippen LogP contribution in [0.1, 0.15) is 43.2 Å². The van der Waals surface area contributed by atoms with E-state index in [0.717, 1.165) is 12.8 Å². The van der Waals surface area contributed by atoms with Gasteiger partial charge in [0.2, 0.25) is 0 Å². The SMILES string of the molecule is COC(=O)C1CC=C(c2ccc(NCC3CC3)c(N)c2C(F)(F)F)CC1. The topological polar surface area (TPSA) is 64.3 Å². The van der Waals surface area contributed by atoms with E-state index in [4.69, 9.17) is 10.5 Å². The number of methoxy groups -OCH3 is 1. The second-order valence-corrected chi connectivity index (χ2v) is 7.00. The number of ether oxygens (including phenoxy) is 1. The maximum Gasteiger partial charge on any atom is 0.419 e. The van der Waals surface area contributed by atoms with Crippen LogP contribution in [0.4, 0.5) is 24.5 Å². The molecule has 3 rings (SSSR count). The van der Waals surface area contributed by atoms with E-state index in [0.29, 0.717) is 43.0 Å². The van der Waals surface area contributed by atoms with Gasteiger partial charge in [0, 0.05) is 6.54 Å². The largest absolute Gasteiger partial charge is 0.469 e. The maximum absolute atomic E-state index is 13.7. The van der Waals surface area contributed by atoms with Gasteiger partial charge in [0.1, 0.15) is 0 Å². The first-order chi connectivity index (χ1) is 12.3. The number of nitrogens with one attached hydrogen (secondary N) is 1. The van der Waals surface area contributed by atoms with Gasteiger partial charge in [-0.15, -0.1) is 0 Å². The molecule has 142 valence electrons. The standard InChI is InChI=1S/C19H23F3N2O2/c1-26-18(25)13-6-4-12(5-7-13)14-8-9-15(24-10-11-2-3-11)17(23)16(14)19(20,21)22/h4,8-9,11,13,24H,2-3,5-7,10,23H2,1H3. The number of allylic oxidation sites excluding steroid dienone is 2. The Morgan fingerprint density at radius 1 is 1.31 bits per heavy atom. The average molecular weight is 368 g/mol. The third kappa shape index (κ3) is 3.97. The summed E-state index contributed by atoms with van der Waals surface area (Å²) in [7, 11) is 1.32. The zero-order valence-corrected chi connectivity index (χ0v) is 14.7. The van der Waals surface area contributed by atoms with Gasteiger partial charge in [-0.25, -0.2) is 0 Å². The van der Waals surface area contributed by atoms with E-state index in [1.807, 2.05) is 0 Å². The number of halogens is 3. The highest BCUT2D eigenvalue weighted by Gasteiger charge is 2.38. The summed E-state index contributed by atoms with van der Waals surface area (Å²) in [4.78, 5) is 11.6. The molecule has 1 saturated carbocycles. The van der Waals surface area contributed by atoms with Crippen molar-refractivity contribution in [3.63, 3.8) is 0 Å². The Bertz CT molecular complexity index is 724. The molecule has 0 amide bonds. The fourth-order valence-corrected chi connectivity index (χ4v) is 3.38. The Labute approximate surface area is 150 Å². The number of carbonyl (C=O) groups excluding carboxylic acids is 1. The van der Waals surface area contributed by atoms with Crippen LogP contribution in [0.25, 0.3) is 5.57 Å². The van der Waals surface area contributed by atoms with E-state index < -0.39 is 11.7 Å². The number of nitrogens with two attached hydrogens (primary N) is 1. The predicted octanol–water partition coefficient (Wildman–Crippen LogP) is 4.47. The summed E-state index contributed by atoms with van der Waals surface area (Å²) in [6, 6.07) is 3.11. The number of hydrogen-bond donors (Lipinski definition) is 2. The first-order valence-electron chi connectivity index (χ1n) is 8.82. The summed E-state index contributed by atoms with van der Waals surface area (Å²) in [5, 5.41) is 3.04. The van der Waals surface area contributed by atoms with Crippen LogP contribution in [0.5, 0.6) is 0 Å². The van der Waals surface area contributed by atoms with E-state index in [1.54, 1.807) is 12.1 Å². The number of rotatable bonds is 5. The lowest BCUT2D eigenvalue weighted by Crippen LogP contribution is -2.19. The van der Waals surface area contributed by atoms with Gasteiger partial charge in [0.05, 0.1) is 30.0 Å². The smallest absolute Gasteiger partial charge is 0.419 e. The summed E-state index contributed by atoms with van der Waals surface area (Å²) in [5.74, 6) is -0.0925. The summed E-state index contributed by atoms with van der Waals surface area (Å²) < 4.78 is 45.8. The Morgan fingerprint density at radius 3 is 2.58 bits per heavy atom. The first kappa shape index (κ1) is 18.6. The number of alkyl halides is 3. The van der Waals surface area contributed by atoms with Crippen LogP contribution in [0.3, 0.4) is 0 Å². The molecule has 0 saturated heterocycles. The lowest BCUT2D eigenvalue weighted by atomic mass is 9.84. The monoisotopic (exact) mass is 368 g/mol. The molecule has 4 nitrogen and oxygen atoms in total. The Kier molecular flexibility index (Phi) is 5.16. The van der Waals surface area contributed by atoms with E-state index in [1.165, 1.54) is 13.2 Å². The van der Waals surface area contributed by atoms with Crippen molar-refractivity contribution in [2.75, 3.05) is 24.7 Å². The Morgan fingerprint density at radius 2 is 2.04 bits per heavy atom. The van der Waals surface area contributed by atoms with Crippen molar-refractivity contribution in [2.24, 2.45) is 11.8 Å². The van der Waals surface area contributed by atoms with Crippen molar-refractivity contribution in [1.29, 1.82) is 0 Å². The molecule has 0 heterocycles. The zero-order chi connectivity index (χ0) is 18.9. The van der Waals surface area contributed by atoms with Crippen molar-refractivity contribution < 1.29 is 22.7 Å². The molecule has 7 heteroatoms. The second-order valence-electron chi connectivity index (χ2n) is 7.00. The maximum atomic E-state index is 13.7. The Hall–Kier alpha value is -2.18. The summed E-state index contributed by atoms with van der Waals surface area (Å²) in [6.07, 6.45) is 0.593. The van der Waals surface area contributed by atoms with Crippen LogP contribution in [-0.2, 0) is 15.7 Å². The molecule has 1 aromatic rings. The van der Waals surface area contributed by atoms with Crippen LogP contribution in [-0.4, -0.2) is 19.6 Å². The van der Waals surface area contributed by atoms with Crippen molar-refractivity contribution in [2.45, 2.75) is 38.3 Å². The third-order valence-corrected chi connectivity index (χ3v) is 5.10. The highest BCUT2D eigenvalue weighted by molar-refractivity contribution is 5.82. The van der Waals surface area contributed by atoms with Crippen LogP contribution in [0, 0.1) is 11.8 Å². The third-order valence-electron chi connectivity index (χ3n) is 5.10. The summed E-state index contributed by atoms with van der Waals surface area (Å²) in [5.41, 5.74) is 5.87. The number of hydrogen-bond acceptors (Lipinski definition) is 4. The zero-order valence-electron chi connectivity index (χ0n) is 14.7. The van der Waals surface area contributed by atoms with Crippen molar-refractivity contribution in [1.82, 2.24) is 0 Å². The second kappa shape index (κ2) is 7.21. The molecule has 2 aliphatic rings.